The zero-order valence-electron chi connectivity index (χ0n) is 32.4. The minimum absolute atomic E-state index is 0.100. The highest BCUT2D eigenvalue weighted by Crippen LogP contribution is 2.50. The van der Waals surface area contributed by atoms with E-state index in [4.69, 9.17) is 4.42 Å². The first-order chi connectivity index (χ1) is 29.3. The van der Waals surface area contributed by atoms with E-state index in [0.29, 0.717) is 5.92 Å². The second kappa shape index (κ2) is 13.6. The molecule has 1 aromatic heterocycles. The van der Waals surface area contributed by atoms with E-state index in [1.165, 1.54) is 49.3 Å². The molecule has 3 unspecified atom stereocenters. The van der Waals surface area contributed by atoms with Gasteiger partial charge in [-0.3, -0.25) is 0 Å². The molecule has 0 fully saturated rings. The number of fused-ring (bicyclic) bond motifs is 9. The van der Waals surface area contributed by atoms with Crippen LogP contribution in [0.2, 0.25) is 0 Å². The lowest BCUT2D eigenvalue weighted by atomic mass is 9.91. The van der Waals surface area contributed by atoms with Gasteiger partial charge in [0.15, 0.2) is 0 Å². The van der Waals surface area contributed by atoms with Gasteiger partial charge in [0.25, 0.3) is 0 Å². The summed E-state index contributed by atoms with van der Waals surface area (Å²) < 4.78 is 6.53. The number of furan rings is 1. The van der Waals surface area contributed by atoms with Gasteiger partial charge in [0.05, 0.1) is 12.1 Å². The lowest BCUT2D eigenvalue weighted by molar-refractivity contribution is 0.670. The van der Waals surface area contributed by atoms with Crippen molar-refractivity contribution in [3.05, 3.63) is 216 Å². The Morgan fingerprint density at radius 1 is 0.542 bits per heavy atom. The maximum Gasteiger partial charge on any atom is 0.143 e. The van der Waals surface area contributed by atoms with Crippen LogP contribution in [-0.2, 0) is 0 Å². The van der Waals surface area contributed by atoms with E-state index < -0.39 is 0 Å². The lowest BCUT2D eigenvalue weighted by Gasteiger charge is -2.33. The number of benzene rings is 8. The molecule has 3 aliphatic rings. The van der Waals surface area contributed by atoms with Gasteiger partial charge in [0.1, 0.15) is 11.2 Å². The van der Waals surface area contributed by atoms with Crippen LogP contribution in [0.25, 0.3) is 67.1 Å². The van der Waals surface area contributed by atoms with Crippen LogP contribution in [0.1, 0.15) is 17.9 Å². The standard InChI is InChI=1S/C56H40N2O/c1-2-16-44-37(13-1)27-28-40-36-43(33-34-45(40)44)57(42-15-11-14-39(35-42)47-21-12-22-51-50-20-6-10-26-55(50)59-56(47)51)41-31-29-38(30-32-41)46-17-3-7-23-52(46)58-53-24-8-4-18-48(53)49-19-5-9-25-54(49)58/h1-32,34-36,43,48,53H,33H2. The first-order valence-corrected chi connectivity index (χ1v) is 20.7. The molecule has 2 aliphatic carbocycles. The van der Waals surface area contributed by atoms with E-state index in [0.717, 1.165) is 50.9 Å². The molecule has 0 saturated carbocycles. The molecule has 0 spiro atoms. The van der Waals surface area contributed by atoms with Crippen molar-refractivity contribution in [2.75, 3.05) is 9.80 Å². The van der Waals surface area contributed by atoms with Crippen molar-refractivity contribution >= 4 is 67.6 Å². The minimum Gasteiger partial charge on any atom is -0.455 e. The summed E-state index contributed by atoms with van der Waals surface area (Å²) in [4.78, 5) is 5.06. The van der Waals surface area contributed by atoms with Crippen LogP contribution in [0, 0.1) is 0 Å². The number of nitrogens with zero attached hydrogens (tertiary/aromatic N) is 2. The third-order valence-corrected chi connectivity index (χ3v) is 12.7. The van der Waals surface area contributed by atoms with Gasteiger partial charge in [-0.15, -0.1) is 0 Å². The first kappa shape index (κ1) is 33.7. The number of allylic oxidation sites excluding steroid dienone is 2. The third-order valence-electron chi connectivity index (χ3n) is 12.7. The molecule has 0 amide bonds. The minimum atomic E-state index is 0.100. The Hall–Kier alpha value is -7.36. The van der Waals surface area contributed by atoms with Crippen LogP contribution in [0.5, 0.6) is 0 Å². The maximum absolute atomic E-state index is 6.53. The molecular formula is C56H40N2O. The van der Waals surface area contributed by atoms with E-state index in [2.05, 4.69) is 216 Å². The van der Waals surface area contributed by atoms with Gasteiger partial charge < -0.3 is 14.2 Å². The molecule has 0 radical (unpaired) electrons. The van der Waals surface area contributed by atoms with Gasteiger partial charge in [-0.25, -0.2) is 0 Å². The first-order valence-electron chi connectivity index (χ1n) is 20.7. The molecule has 3 atom stereocenters. The van der Waals surface area contributed by atoms with E-state index >= 15 is 0 Å². The Balaban J connectivity index is 0.977. The van der Waals surface area contributed by atoms with Crippen molar-refractivity contribution in [2.45, 2.75) is 24.4 Å². The van der Waals surface area contributed by atoms with Crippen LogP contribution < -0.4 is 20.2 Å². The van der Waals surface area contributed by atoms with Crippen molar-refractivity contribution in [3.8, 4) is 22.3 Å². The van der Waals surface area contributed by atoms with Gasteiger partial charge in [-0.05, 0) is 86.8 Å². The Bertz CT molecular complexity index is 3300. The molecule has 12 rings (SSSR count). The van der Waals surface area contributed by atoms with Crippen LogP contribution in [0.3, 0.4) is 0 Å². The normalized spacial score (nSPS) is 17.7. The zero-order valence-corrected chi connectivity index (χ0v) is 32.4. The fourth-order valence-corrected chi connectivity index (χ4v) is 10.0. The number of anilines is 4. The maximum atomic E-state index is 6.53. The SMILES string of the molecule is C1=CC2c3ccccc3N(c3ccccc3-c3ccc(N(c4cccc(-c5cccc6c5oc5ccccc56)c4)C4C=c5ccc6ccccc6c5=CC4)cc3)C2C=C1. The van der Waals surface area contributed by atoms with Crippen molar-refractivity contribution in [1.29, 1.82) is 0 Å². The van der Waals surface area contributed by atoms with Gasteiger partial charge in [0.2, 0.25) is 0 Å². The van der Waals surface area contributed by atoms with Crippen LogP contribution >= 0.6 is 0 Å². The summed E-state index contributed by atoms with van der Waals surface area (Å²) in [6, 6.07) is 64.4. The average Bonchev–Trinajstić information content (AvgIpc) is 3.85. The lowest BCUT2D eigenvalue weighted by Crippen LogP contribution is -2.38. The van der Waals surface area contributed by atoms with Crippen LogP contribution in [-0.4, -0.2) is 12.1 Å². The van der Waals surface area contributed by atoms with Gasteiger partial charge in [-0.2, -0.15) is 0 Å². The fourth-order valence-electron chi connectivity index (χ4n) is 10.0. The summed E-state index contributed by atoms with van der Waals surface area (Å²) in [5.74, 6) is 0.335. The monoisotopic (exact) mass is 756 g/mol. The van der Waals surface area contributed by atoms with E-state index in [-0.39, 0.29) is 12.1 Å². The zero-order chi connectivity index (χ0) is 38.9. The molecule has 3 nitrogen and oxygen atoms in total. The Morgan fingerprint density at radius 3 is 2.22 bits per heavy atom. The summed E-state index contributed by atoms with van der Waals surface area (Å²) in [7, 11) is 0. The van der Waals surface area contributed by atoms with Crippen molar-refractivity contribution in [3.63, 3.8) is 0 Å². The molecule has 3 heteroatoms. The Kier molecular flexibility index (Phi) is 7.80. The molecule has 0 N–H and O–H groups in total. The highest BCUT2D eigenvalue weighted by molar-refractivity contribution is 6.09. The summed E-state index contributed by atoms with van der Waals surface area (Å²) in [6.45, 7) is 0. The predicted molar refractivity (Wildman–Crippen MR) is 247 cm³/mol. The summed E-state index contributed by atoms with van der Waals surface area (Å²) in [5, 5.41) is 7.46. The Labute approximate surface area is 343 Å². The topological polar surface area (TPSA) is 19.6 Å². The second-order valence-electron chi connectivity index (χ2n) is 15.9. The molecule has 280 valence electrons. The fraction of sp³-hybridized carbons (Fsp3) is 0.0714. The summed E-state index contributed by atoms with van der Waals surface area (Å²) in [6.07, 6.45) is 14.9. The number of hydrogen-bond acceptors (Lipinski definition) is 3. The number of hydrogen-bond donors (Lipinski definition) is 0. The van der Waals surface area contributed by atoms with Gasteiger partial charge in [0, 0.05) is 50.6 Å². The van der Waals surface area contributed by atoms with Crippen molar-refractivity contribution in [2.24, 2.45) is 0 Å². The average molecular weight is 757 g/mol. The highest BCUT2D eigenvalue weighted by Gasteiger charge is 2.38. The number of rotatable bonds is 6. The van der Waals surface area contributed by atoms with Crippen molar-refractivity contribution < 1.29 is 4.42 Å². The molecule has 2 heterocycles. The van der Waals surface area contributed by atoms with Gasteiger partial charge >= 0.3 is 0 Å². The quantitative estimate of drug-likeness (QED) is 0.168. The van der Waals surface area contributed by atoms with Crippen molar-refractivity contribution in [1.82, 2.24) is 0 Å². The molecule has 59 heavy (non-hydrogen) atoms. The molecular weight excluding hydrogens is 717 g/mol. The predicted octanol–water partition coefficient (Wildman–Crippen LogP) is 13.0. The third kappa shape index (κ3) is 5.50. The number of para-hydroxylation sites is 4. The van der Waals surface area contributed by atoms with Crippen LogP contribution in [0.4, 0.5) is 22.7 Å². The largest absolute Gasteiger partial charge is 0.455 e. The molecule has 0 bridgehead atoms. The molecule has 9 aromatic rings. The summed E-state index contributed by atoms with van der Waals surface area (Å²) in [5.41, 5.74) is 12.7. The van der Waals surface area contributed by atoms with Crippen LogP contribution in [0.15, 0.2) is 205 Å². The summed E-state index contributed by atoms with van der Waals surface area (Å²) >= 11 is 0. The smallest absolute Gasteiger partial charge is 0.143 e. The molecule has 0 saturated heterocycles. The van der Waals surface area contributed by atoms with Gasteiger partial charge in [-0.1, -0.05) is 170 Å². The molecule has 8 aromatic carbocycles. The van der Waals surface area contributed by atoms with E-state index in [9.17, 15) is 0 Å². The Morgan fingerprint density at radius 2 is 1.29 bits per heavy atom. The highest BCUT2D eigenvalue weighted by atomic mass is 16.3. The second-order valence-corrected chi connectivity index (χ2v) is 15.9. The van der Waals surface area contributed by atoms with E-state index in [1.54, 1.807) is 0 Å². The molecule has 1 aliphatic heterocycles. The van der Waals surface area contributed by atoms with E-state index in [1.807, 2.05) is 6.07 Å².